The predicted molar refractivity (Wildman–Crippen MR) is 107 cm³/mol. The van der Waals surface area contributed by atoms with Crippen LogP contribution >= 0.6 is 27.5 Å². The Balaban J connectivity index is 1.67. The van der Waals surface area contributed by atoms with E-state index < -0.39 is 0 Å². The molecule has 0 bridgehead atoms. The topological polar surface area (TPSA) is 33.3 Å². The van der Waals surface area contributed by atoms with Crippen LogP contribution in [-0.2, 0) is 13.2 Å². The molecule has 3 nitrogen and oxygen atoms in total. The van der Waals surface area contributed by atoms with Gasteiger partial charge < -0.3 is 10.2 Å². The lowest BCUT2D eigenvalue weighted by molar-refractivity contribution is 0.296. The van der Waals surface area contributed by atoms with Crippen LogP contribution in [0.3, 0.4) is 0 Å². The van der Waals surface area contributed by atoms with Gasteiger partial charge in [-0.3, -0.25) is 0 Å². The molecule has 6 heteroatoms. The number of benzene rings is 3. The minimum atomic E-state index is -0.375. The fourth-order valence-corrected chi connectivity index (χ4v) is 3.04. The maximum absolute atomic E-state index is 13.9. The molecule has 3 aromatic rings. The minimum Gasteiger partial charge on any atom is -0.488 e. The highest BCUT2D eigenvalue weighted by atomic mass is 79.9. The molecule has 0 saturated carbocycles. The third-order valence-corrected chi connectivity index (χ3v) is 4.59. The lowest BCUT2D eigenvalue weighted by atomic mass is 10.2. The largest absolute Gasteiger partial charge is 0.488 e. The summed E-state index contributed by atoms with van der Waals surface area (Å²) >= 11 is 9.53. The summed E-state index contributed by atoms with van der Waals surface area (Å²) in [5.41, 5.74) is 8.52. The van der Waals surface area contributed by atoms with E-state index in [0.29, 0.717) is 22.9 Å². The Morgan fingerprint density at radius 2 is 1.81 bits per heavy atom. The summed E-state index contributed by atoms with van der Waals surface area (Å²) in [7, 11) is 0. The average Bonchev–Trinajstić information content (AvgIpc) is 2.64. The van der Waals surface area contributed by atoms with Crippen molar-refractivity contribution in [3.8, 4) is 5.75 Å². The van der Waals surface area contributed by atoms with E-state index in [4.69, 9.17) is 16.3 Å². The Hall–Kier alpha value is -2.08. The lowest BCUT2D eigenvalue weighted by Crippen LogP contribution is -2.21. The van der Waals surface area contributed by atoms with Gasteiger partial charge >= 0.3 is 0 Å². The Kier molecular flexibility index (Phi) is 6.50. The van der Waals surface area contributed by atoms with Crippen LogP contribution < -0.4 is 15.6 Å². The monoisotopic (exact) mass is 434 g/mol. The van der Waals surface area contributed by atoms with Gasteiger partial charge in [0.1, 0.15) is 18.2 Å². The molecule has 0 atom stereocenters. The molecule has 3 aromatic carbocycles. The molecular weight excluding hydrogens is 419 g/mol. The van der Waals surface area contributed by atoms with Gasteiger partial charge in [-0.05, 0) is 42.5 Å². The number of nitrogens with one attached hydrogen (secondary N) is 2. The van der Waals surface area contributed by atoms with Crippen molar-refractivity contribution >= 4 is 33.2 Å². The Morgan fingerprint density at radius 3 is 2.58 bits per heavy atom. The van der Waals surface area contributed by atoms with Crippen LogP contribution in [0, 0.1) is 5.82 Å². The maximum atomic E-state index is 13.9. The molecule has 0 saturated heterocycles. The van der Waals surface area contributed by atoms with E-state index in [1.807, 2.05) is 48.5 Å². The van der Waals surface area contributed by atoms with Gasteiger partial charge in [0.15, 0.2) is 0 Å². The number of anilines is 1. The zero-order valence-electron chi connectivity index (χ0n) is 13.8. The molecule has 0 aliphatic heterocycles. The first-order valence-electron chi connectivity index (χ1n) is 8.01. The molecule has 0 aliphatic carbocycles. The van der Waals surface area contributed by atoms with E-state index in [2.05, 4.69) is 26.8 Å². The van der Waals surface area contributed by atoms with E-state index in [-0.39, 0.29) is 12.4 Å². The van der Waals surface area contributed by atoms with Crippen LogP contribution in [0.4, 0.5) is 10.1 Å². The number of hydrogen-bond donors (Lipinski definition) is 2. The second-order valence-electron chi connectivity index (χ2n) is 5.59. The number of hydrogen-bond acceptors (Lipinski definition) is 3. The minimum absolute atomic E-state index is 0.0618. The zero-order chi connectivity index (χ0) is 18.4. The van der Waals surface area contributed by atoms with Crippen molar-refractivity contribution < 1.29 is 9.13 Å². The van der Waals surface area contributed by atoms with Gasteiger partial charge in [0.25, 0.3) is 0 Å². The third-order valence-electron chi connectivity index (χ3n) is 3.74. The molecule has 3 rings (SSSR count). The van der Waals surface area contributed by atoms with Gasteiger partial charge in [0, 0.05) is 27.8 Å². The molecule has 0 unspecified atom stereocenters. The maximum Gasteiger partial charge on any atom is 0.131 e. The van der Waals surface area contributed by atoms with Gasteiger partial charge in [-0.1, -0.05) is 51.8 Å². The zero-order valence-corrected chi connectivity index (χ0v) is 16.1. The highest BCUT2D eigenvalue weighted by Crippen LogP contribution is 2.26. The van der Waals surface area contributed by atoms with Gasteiger partial charge in [-0.2, -0.15) is 0 Å². The van der Waals surface area contributed by atoms with Gasteiger partial charge in [-0.25, -0.2) is 9.82 Å². The number of ether oxygens (including phenoxy) is 1. The first kappa shape index (κ1) is 18.7. The Bertz CT molecular complexity index is 857. The highest BCUT2D eigenvalue weighted by molar-refractivity contribution is 9.10. The molecular formula is C20H17BrClFN2O. The quantitative estimate of drug-likeness (QED) is 0.451. The molecule has 0 aliphatic rings. The summed E-state index contributed by atoms with van der Waals surface area (Å²) in [4.78, 5) is 0. The summed E-state index contributed by atoms with van der Waals surface area (Å²) in [5.74, 6) is 0.287. The smallest absolute Gasteiger partial charge is 0.131 e. The van der Waals surface area contributed by atoms with Crippen molar-refractivity contribution in [3.63, 3.8) is 0 Å². The van der Waals surface area contributed by atoms with Crippen LogP contribution in [-0.4, -0.2) is 0 Å². The summed E-state index contributed by atoms with van der Waals surface area (Å²) in [6.07, 6.45) is 0. The predicted octanol–water partition coefficient (Wildman–Crippen LogP) is 5.94. The average molecular weight is 436 g/mol. The number of rotatable bonds is 7. The van der Waals surface area contributed by atoms with E-state index in [9.17, 15) is 4.39 Å². The fraction of sp³-hybridized carbons (Fsp3) is 0.100. The van der Waals surface area contributed by atoms with Crippen molar-refractivity contribution in [3.05, 3.63) is 93.2 Å². The van der Waals surface area contributed by atoms with E-state index in [1.54, 1.807) is 12.1 Å². The molecule has 0 spiro atoms. The molecule has 134 valence electrons. The van der Waals surface area contributed by atoms with Crippen molar-refractivity contribution in [2.75, 3.05) is 5.43 Å². The Labute approximate surface area is 165 Å². The lowest BCUT2D eigenvalue weighted by Gasteiger charge is -2.15. The second kappa shape index (κ2) is 9.03. The van der Waals surface area contributed by atoms with Gasteiger partial charge in [-0.15, -0.1) is 0 Å². The molecule has 0 fully saturated rings. The molecule has 0 amide bonds. The molecule has 0 aromatic heterocycles. The van der Waals surface area contributed by atoms with Crippen LogP contribution in [0.25, 0.3) is 0 Å². The first-order valence-corrected chi connectivity index (χ1v) is 9.18. The molecule has 26 heavy (non-hydrogen) atoms. The number of halogens is 3. The summed E-state index contributed by atoms with van der Waals surface area (Å²) in [6, 6.07) is 20.1. The number of hydrazine groups is 1. The summed E-state index contributed by atoms with van der Waals surface area (Å²) in [5, 5.41) is 0.354. The fourth-order valence-electron chi connectivity index (χ4n) is 2.41. The number of para-hydroxylation sites is 1. The highest BCUT2D eigenvalue weighted by Gasteiger charge is 2.10. The standard InChI is InChI=1S/C20H17BrClFN2O/c21-15-9-10-20(26-13-17-18(22)7-4-8-19(17)23)14(11-15)12-24-25-16-5-2-1-3-6-16/h1-11,24-25H,12-13H2. The molecule has 0 heterocycles. The molecule has 0 radical (unpaired) electrons. The van der Waals surface area contributed by atoms with Gasteiger partial charge in [0.05, 0.1) is 5.02 Å². The molecule has 2 N–H and O–H groups in total. The second-order valence-corrected chi connectivity index (χ2v) is 6.91. The van der Waals surface area contributed by atoms with Crippen LogP contribution in [0.2, 0.25) is 5.02 Å². The summed E-state index contributed by atoms with van der Waals surface area (Å²) < 4.78 is 20.7. The van der Waals surface area contributed by atoms with Crippen LogP contribution in [0.1, 0.15) is 11.1 Å². The van der Waals surface area contributed by atoms with Crippen LogP contribution in [0.5, 0.6) is 5.75 Å². The van der Waals surface area contributed by atoms with Crippen molar-refractivity contribution in [2.24, 2.45) is 0 Å². The third kappa shape index (κ3) is 4.97. The summed E-state index contributed by atoms with van der Waals surface area (Å²) in [6.45, 7) is 0.584. The van der Waals surface area contributed by atoms with E-state index in [0.717, 1.165) is 15.7 Å². The van der Waals surface area contributed by atoms with Crippen LogP contribution in [0.15, 0.2) is 71.2 Å². The van der Waals surface area contributed by atoms with Crippen molar-refractivity contribution in [2.45, 2.75) is 13.2 Å². The van der Waals surface area contributed by atoms with Gasteiger partial charge in [0.2, 0.25) is 0 Å². The van der Waals surface area contributed by atoms with E-state index >= 15 is 0 Å². The normalized spacial score (nSPS) is 10.6. The Morgan fingerprint density at radius 1 is 1.00 bits per heavy atom. The SMILES string of the molecule is Fc1cccc(Cl)c1COc1ccc(Br)cc1CNNc1ccccc1. The van der Waals surface area contributed by atoms with Crippen molar-refractivity contribution in [1.82, 2.24) is 5.43 Å². The first-order chi connectivity index (χ1) is 12.6. The van der Waals surface area contributed by atoms with E-state index in [1.165, 1.54) is 6.07 Å². The van der Waals surface area contributed by atoms with Crippen molar-refractivity contribution in [1.29, 1.82) is 0 Å².